The molecule has 2 rings (SSSR count). The number of pyridine rings is 1. The highest BCUT2D eigenvalue weighted by molar-refractivity contribution is 6.07. The number of halogens is 3. The minimum atomic E-state index is -2.82. The van der Waals surface area contributed by atoms with Crippen LogP contribution in [0.2, 0.25) is 0 Å². The number of aromatic nitrogens is 1. The molecule has 0 saturated carbocycles. The van der Waals surface area contributed by atoms with Gasteiger partial charge in [0.15, 0.2) is 0 Å². The van der Waals surface area contributed by atoms with Crippen molar-refractivity contribution in [3.05, 3.63) is 65.2 Å². The van der Waals surface area contributed by atoms with Gasteiger partial charge in [0.1, 0.15) is 11.5 Å². The van der Waals surface area contributed by atoms with Crippen LogP contribution in [0.5, 0.6) is 0 Å². The Kier molecular flexibility index (Phi) is 3.41. The SMILES string of the molecule is O=C(c1cc(F)cc(C(F)F)c1)c1ccccn1. The van der Waals surface area contributed by atoms with Gasteiger partial charge >= 0.3 is 0 Å². The van der Waals surface area contributed by atoms with E-state index in [0.717, 1.165) is 12.1 Å². The third-order valence-electron chi connectivity index (χ3n) is 2.33. The average Bonchev–Trinajstić information content (AvgIpc) is 2.38. The molecule has 0 aliphatic rings. The van der Waals surface area contributed by atoms with Gasteiger partial charge in [0.2, 0.25) is 5.78 Å². The van der Waals surface area contributed by atoms with E-state index in [1.807, 2.05) is 0 Å². The van der Waals surface area contributed by atoms with Crippen LogP contribution in [0.4, 0.5) is 13.2 Å². The average molecular weight is 251 g/mol. The first-order valence-electron chi connectivity index (χ1n) is 5.12. The molecule has 0 radical (unpaired) electrons. The summed E-state index contributed by atoms with van der Waals surface area (Å²) in [7, 11) is 0. The number of hydrogen-bond acceptors (Lipinski definition) is 2. The van der Waals surface area contributed by atoms with E-state index in [-0.39, 0.29) is 11.3 Å². The summed E-state index contributed by atoms with van der Waals surface area (Å²) in [5.41, 5.74) is -0.568. The van der Waals surface area contributed by atoms with Crippen LogP contribution in [0, 0.1) is 5.82 Å². The van der Waals surface area contributed by atoms with E-state index in [2.05, 4.69) is 4.98 Å². The Labute approximate surface area is 101 Å². The van der Waals surface area contributed by atoms with Crippen molar-refractivity contribution in [1.29, 1.82) is 0 Å². The molecule has 0 unspecified atom stereocenters. The number of benzene rings is 1. The summed E-state index contributed by atoms with van der Waals surface area (Å²) in [5.74, 6) is -1.45. The summed E-state index contributed by atoms with van der Waals surface area (Å²) in [6.45, 7) is 0. The summed E-state index contributed by atoms with van der Waals surface area (Å²) in [5, 5.41) is 0. The van der Waals surface area contributed by atoms with Gasteiger partial charge in [-0.05, 0) is 30.3 Å². The van der Waals surface area contributed by atoms with Gasteiger partial charge in [0.25, 0.3) is 6.43 Å². The molecule has 0 saturated heterocycles. The number of rotatable bonds is 3. The molecule has 0 amide bonds. The van der Waals surface area contributed by atoms with E-state index in [1.54, 1.807) is 12.1 Å². The number of carbonyl (C=O) groups excluding carboxylic acids is 1. The van der Waals surface area contributed by atoms with Crippen molar-refractivity contribution < 1.29 is 18.0 Å². The number of hydrogen-bond donors (Lipinski definition) is 0. The number of ketones is 1. The summed E-state index contributed by atoms with van der Waals surface area (Å²) in [6.07, 6.45) is -1.42. The highest BCUT2D eigenvalue weighted by Gasteiger charge is 2.15. The summed E-state index contributed by atoms with van der Waals surface area (Å²) in [6, 6.07) is 7.25. The molecule has 1 heterocycles. The topological polar surface area (TPSA) is 30.0 Å². The first kappa shape index (κ1) is 12.3. The Bertz CT molecular complexity index is 570. The van der Waals surface area contributed by atoms with Crippen LogP contribution in [0.15, 0.2) is 42.6 Å². The van der Waals surface area contributed by atoms with E-state index < -0.39 is 23.6 Å². The largest absolute Gasteiger partial charge is 0.287 e. The normalized spacial score (nSPS) is 10.7. The molecule has 2 nitrogen and oxygen atoms in total. The number of nitrogens with zero attached hydrogens (tertiary/aromatic N) is 1. The molecule has 1 aromatic heterocycles. The van der Waals surface area contributed by atoms with Crippen LogP contribution < -0.4 is 0 Å². The molecule has 2 aromatic rings. The standard InChI is InChI=1S/C13H8F3NO/c14-10-6-8(5-9(7-10)13(15)16)12(18)11-3-1-2-4-17-11/h1-7,13H. The lowest BCUT2D eigenvalue weighted by atomic mass is 10.0. The molecule has 0 aliphatic carbocycles. The minimum absolute atomic E-state index is 0.0864. The van der Waals surface area contributed by atoms with Crippen molar-refractivity contribution in [1.82, 2.24) is 4.98 Å². The lowest BCUT2D eigenvalue weighted by Gasteiger charge is -2.04. The van der Waals surface area contributed by atoms with Crippen molar-refractivity contribution in [2.45, 2.75) is 6.43 Å². The van der Waals surface area contributed by atoms with Gasteiger partial charge in [-0.25, -0.2) is 13.2 Å². The molecular weight excluding hydrogens is 243 g/mol. The van der Waals surface area contributed by atoms with Crippen LogP contribution in [-0.4, -0.2) is 10.8 Å². The second-order valence-corrected chi connectivity index (χ2v) is 3.62. The Balaban J connectivity index is 2.42. The zero-order chi connectivity index (χ0) is 13.1. The molecule has 0 fully saturated rings. The zero-order valence-corrected chi connectivity index (χ0v) is 9.11. The molecule has 0 atom stereocenters. The fourth-order valence-electron chi connectivity index (χ4n) is 1.51. The summed E-state index contributed by atoms with van der Waals surface area (Å²) >= 11 is 0. The van der Waals surface area contributed by atoms with Crippen molar-refractivity contribution in [3.63, 3.8) is 0 Å². The summed E-state index contributed by atoms with van der Waals surface area (Å²) in [4.78, 5) is 15.7. The highest BCUT2D eigenvalue weighted by atomic mass is 19.3. The second kappa shape index (κ2) is 5.00. The van der Waals surface area contributed by atoms with E-state index in [0.29, 0.717) is 6.07 Å². The first-order chi connectivity index (χ1) is 8.58. The predicted molar refractivity (Wildman–Crippen MR) is 59.0 cm³/mol. The lowest BCUT2D eigenvalue weighted by Crippen LogP contribution is -2.05. The smallest absolute Gasteiger partial charge is 0.263 e. The first-order valence-corrected chi connectivity index (χ1v) is 5.12. The molecule has 0 bridgehead atoms. The fraction of sp³-hybridized carbons (Fsp3) is 0.0769. The quantitative estimate of drug-likeness (QED) is 0.782. The van der Waals surface area contributed by atoms with Crippen molar-refractivity contribution in [2.75, 3.05) is 0 Å². The number of carbonyl (C=O) groups is 1. The Morgan fingerprint density at radius 1 is 1.17 bits per heavy atom. The van der Waals surface area contributed by atoms with Crippen LogP contribution in [-0.2, 0) is 0 Å². The Hall–Kier alpha value is -2.17. The Morgan fingerprint density at radius 3 is 2.56 bits per heavy atom. The summed E-state index contributed by atoms with van der Waals surface area (Å²) < 4.78 is 38.2. The maximum absolute atomic E-state index is 13.2. The molecule has 92 valence electrons. The van der Waals surface area contributed by atoms with E-state index in [9.17, 15) is 18.0 Å². The maximum Gasteiger partial charge on any atom is 0.263 e. The van der Waals surface area contributed by atoms with Crippen molar-refractivity contribution >= 4 is 5.78 Å². The molecule has 0 N–H and O–H groups in total. The second-order valence-electron chi connectivity index (χ2n) is 3.62. The van der Waals surface area contributed by atoms with Crippen LogP contribution in [0.3, 0.4) is 0 Å². The number of alkyl halides is 2. The molecule has 0 spiro atoms. The lowest BCUT2D eigenvalue weighted by molar-refractivity contribution is 0.103. The van der Waals surface area contributed by atoms with Gasteiger partial charge in [-0.15, -0.1) is 0 Å². The van der Waals surface area contributed by atoms with Crippen LogP contribution in [0.25, 0.3) is 0 Å². The predicted octanol–water partition coefficient (Wildman–Crippen LogP) is 3.39. The zero-order valence-electron chi connectivity index (χ0n) is 9.11. The Morgan fingerprint density at radius 2 is 1.94 bits per heavy atom. The third kappa shape index (κ3) is 2.56. The van der Waals surface area contributed by atoms with Gasteiger partial charge in [-0.3, -0.25) is 9.78 Å². The van der Waals surface area contributed by atoms with Crippen LogP contribution >= 0.6 is 0 Å². The third-order valence-corrected chi connectivity index (χ3v) is 2.33. The molecule has 1 aromatic carbocycles. The van der Waals surface area contributed by atoms with E-state index >= 15 is 0 Å². The van der Waals surface area contributed by atoms with Gasteiger partial charge < -0.3 is 0 Å². The van der Waals surface area contributed by atoms with E-state index in [1.165, 1.54) is 12.3 Å². The molecular formula is C13H8F3NO. The van der Waals surface area contributed by atoms with Gasteiger partial charge in [-0.2, -0.15) is 0 Å². The highest BCUT2D eigenvalue weighted by Crippen LogP contribution is 2.22. The van der Waals surface area contributed by atoms with E-state index in [4.69, 9.17) is 0 Å². The maximum atomic E-state index is 13.2. The van der Waals surface area contributed by atoms with Crippen molar-refractivity contribution in [2.24, 2.45) is 0 Å². The molecule has 0 aliphatic heterocycles. The molecule has 5 heteroatoms. The van der Waals surface area contributed by atoms with Gasteiger partial charge in [-0.1, -0.05) is 6.07 Å². The van der Waals surface area contributed by atoms with Gasteiger partial charge in [0.05, 0.1) is 0 Å². The van der Waals surface area contributed by atoms with Crippen LogP contribution in [0.1, 0.15) is 28.0 Å². The molecule has 18 heavy (non-hydrogen) atoms. The monoisotopic (exact) mass is 251 g/mol. The van der Waals surface area contributed by atoms with Gasteiger partial charge in [0, 0.05) is 17.3 Å². The van der Waals surface area contributed by atoms with Crippen molar-refractivity contribution in [3.8, 4) is 0 Å². The fourth-order valence-corrected chi connectivity index (χ4v) is 1.51. The minimum Gasteiger partial charge on any atom is -0.287 e.